The normalized spacial score (nSPS) is 17.0. The number of hydrogen-bond donors (Lipinski definition) is 0. The van der Waals surface area contributed by atoms with Crippen molar-refractivity contribution in [3.8, 4) is 12.1 Å². The maximum absolute atomic E-state index is 9.14. The molecule has 1 atom stereocenters. The van der Waals surface area contributed by atoms with Crippen molar-refractivity contribution in [2.45, 2.75) is 19.1 Å². The van der Waals surface area contributed by atoms with Crippen LogP contribution >= 0.6 is 0 Å². The van der Waals surface area contributed by atoms with E-state index in [1.54, 1.807) is 4.57 Å². The van der Waals surface area contributed by atoms with E-state index in [-0.39, 0.29) is 11.8 Å². The van der Waals surface area contributed by atoms with Gasteiger partial charge in [-0.15, -0.1) is 0 Å². The maximum Gasteiger partial charge on any atom is 0.176 e. The molecule has 2 heterocycles. The zero-order valence-corrected chi connectivity index (χ0v) is 10.8. The number of ether oxygens (including phenoxy) is 1. The summed E-state index contributed by atoms with van der Waals surface area (Å²) in [7, 11) is 0. The van der Waals surface area contributed by atoms with E-state index in [4.69, 9.17) is 15.3 Å². The number of nitriles is 2. The van der Waals surface area contributed by atoms with E-state index in [1.807, 2.05) is 30.3 Å². The highest BCUT2D eigenvalue weighted by Crippen LogP contribution is 2.28. The lowest BCUT2D eigenvalue weighted by atomic mass is 9.97. The minimum absolute atomic E-state index is 0.104. The van der Waals surface area contributed by atoms with Gasteiger partial charge in [0.2, 0.25) is 0 Å². The molecule has 5 heteroatoms. The van der Waals surface area contributed by atoms with Gasteiger partial charge in [0.25, 0.3) is 0 Å². The highest BCUT2D eigenvalue weighted by molar-refractivity contribution is 5.37. The monoisotopic (exact) mass is 264 g/mol. The molecule has 1 aliphatic heterocycles. The van der Waals surface area contributed by atoms with Gasteiger partial charge in [0, 0.05) is 0 Å². The molecule has 1 aliphatic rings. The third kappa shape index (κ3) is 2.05. The third-order valence-electron chi connectivity index (χ3n) is 3.50. The molecule has 0 spiro atoms. The minimum Gasteiger partial charge on any atom is -0.371 e. The standard InChI is InChI=1S/C15H12N4O/c16-7-13-14(8-17)19(10-18-13)9-15-12-4-2-1-3-11(12)5-6-20-15/h1-4,10,15H,5-6,9H2. The average Bonchev–Trinajstić information content (AvgIpc) is 2.89. The number of aromatic nitrogens is 2. The molecule has 5 nitrogen and oxygen atoms in total. The fourth-order valence-corrected chi connectivity index (χ4v) is 2.53. The Morgan fingerprint density at radius 3 is 2.95 bits per heavy atom. The summed E-state index contributed by atoms with van der Waals surface area (Å²) in [6, 6.07) is 12.1. The first kappa shape index (κ1) is 12.4. The van der Waals surface area contributed by atoms with Gasteiger partial charge in [-0.25, -0.2) is 4.98 Å². The SMILES string of the molecule is N#Cc1ncn(CC2OCCc3ccccc32)c1C#N. The number of imidazole rings is 1. The van der Waals surface area contributed by atoms with Gasteiger partial charge in [-0.2, -0.15) is 10.5 Å². The van der Waals surface area contributed by atoms with Crippen LogP contribution in [0.1, 0.15) is 28.6 Å². The molecule has 0 amide bonds. The van der Waals surface area contributed by atoms with Crippen LogP contribution < -0.4 is 0 Å². The van der Waals surface area contributed by atoms with Crippen LogP contribution in [-0.2, 0) is 17.7 Å². The van der Waals surface area contributed by atoms with Crippen LogP contribution in [0.4, 0.5) is 0 Å². The Morgan fingerprint density at radius 2 is 2.15 bits per heavy atom. The third-order valence-corrected chi connectivity index (χ3v) is 3.50. The van der Waals surface area contributed by atoms with Crippen molar-refractivity contribution in [3.05, 3.63) is 53.1 Å². The fourth-order valence-electron chi connectivity index (χ4n) is 2.53. The average molecular weight is 264 g/mol. The van der Waals surface area contributed by atoms with Crippen molar-refractivity contribution >= 4 is 0 Å². The van der Waals surface area contributed by atoms with Gasteiger partial charge >= 0.3 is 0 Å². The Bertz CT molecular complexity index is 720. The van der Waals surface area contributed by atoms with E-state index in [0.29, 0.717) is 18.8 Å². The van der Waals surface area contributed by atoms with Gasteiger partial charge in [0.1, 0.15) is 18.2 Å². The fraction of sp³-hybridized carbons (Fsp3) is 0.267. The quantitative estimate of drug-likeness (QED) is 0.830. The Kier molecular flexibility index (Phi) is 3.20. The maximum atomic E-state index is 9.14. The van der Waals surface area contributed by atoms with E-state index in [9.17, 15) is 0 Å². The van der Waals surface area contributed by atoms with Crippen molar-refractivity contribution in [1.29, 1.82) is 10.5 Å². The molecule has 0 saturated carbocycles. The van der Waals surface area contributed by atoms with Gasteiger partial charge in [-0.1, -0.05) is 24.3 Å². The van der Waals surface area contributed by atoms with Crippen molar-refractivity contribution in [1.82, 2.24) is 9.55 Å². The molecule has 3 rings (SSSR count). The lowest BCUT2D eigenvalue weighted by Gasteiger charge is -2.26. The molecule has 0 saturated heterocycles. The molecule has 2 aromatic rings. The zero-order chi connectivity index (χ0) is 13.9. The van der Waals surface area contributed by atoms with Crippen LogP contribution in [0.15, 0.2) is 30.6 Å². The molecule has 0 radical (unpaired) electrons. The largest absolute Gasteiger partial charge is 0.371 e. The van der Waals surface area contributed by atoms with Crippen LogP contribution in [0, 0.1) is 22.7 Å². The van der Waals surface area contributed by atoms with Crippen LogP contribution in [0.2, 0.25) is 0 Å². The summed E-state index contributed by atoms with van der Waals surface area (Å²) in [6.07, 6.45) is 2.33. The van der Waals surface area contributed by atoms with Crippen LogP contribution in [0.5, 0.6) is 0 Å². The lowest BCUT2D eigenvalue weighted by Crippen LogP contribution is -2.20. The van der Waals surface area contributed by atoms with Crippen LogP contribution in [-0.4, -0.2) is 16.2 Å². The summed E-state index contributed by atoms with van der Waals surface area (Å²) in [5, 5.41) is 18.1. The smallest absolute Gasteiger partial charge is 0.176 e. The Labute approximate surface area is 116 Å². The molecule has 20 heavy (non-hydrogen) atoms. The second-order valence-electron chi connectivity index (χ2n) is 4.63. The zero-order valence-electron chi connectivity index (χ0n) is 10.8. The van der Waals surface area contributed by atoms with Crippen LogP contribution in [0.3, 0.4) is 0 Å². The summed E-state index contributed by atoms with van der Waals surface area (Å²) in [5.41, 5.74) is 2.88. The predicted octanol–water partition coefficient (Wildman–Crippen LogP) is 1.94. The van der Waals surface area contributed by atoms with Gasteiger partial charge in [-0.3, -0.25) is 0 Å². The lowest BCUT2D eigenvalue weighted by molar-refractivity contribution is 0.0304. The van der Waals surface area contributed by atoms with Gasteiger partial charge in [-0.05, 0) is 17.5 Å². The number of benzene rings is 1. The number of hydrogen-bond acceptors (Lipinski definition) is 4. The summed E-state index contributed by atoms with van der Waals surface area (Å²) in [4.78, 5) is 3.95. The molecular weight excluding hydrogens is 252 g/mol. The van der Waals surface area contributed by atoms with Crippen molar-refractivity contribution < 1.29 is 4.74 Å². The number of rotatable bonds is 2. The molecule has 0 N–H and O–H groups in total. The molecule has 0 fully saturated rings. The van der Waals surface area contributed by atoms with E-state index < -0.39 is 0 Å². The Hall–Kier alpha value is -2.63. The van der Waals surface area contributed by atoms with E-state index in [2.05, 4.69) is 11.1 Å². The molecule has 0 bridgehead atoms. The van der Waals surface area contributed by atoms with E-state index >= 15 is 0 Å². The Balaban J connectivity index is 1.92. The summed E-state index contributed by atoms with van der Waals surface area (Å²) >= 11 is 0. The molecule has 98 valence electrons. The van der Waals surface area contributed by atoms with Gasteiger partial charge < -0.3 is 9.30 Å². The molecule has 1 aromatic heterocycles. The van der Waals surface area contributed by atoms with Crippen molar-refractivity contribution in [3.63, 3.8) is 0 Å². The molecule has 1 aromatic carbocycles. The number of fused-ring (bicyclic) bond motifs is 1. The van der Waals surface area contributed by atoms with Crippen LogP contribution in [0.25, 0.3) is 0 Å². The number of nitrogens with zero attached hydrogens (tertiary/aromatic N) is 4. The first-order valence-corrected chi connectivity index (χ1v) is 6.38. The Morgan fingerprint density at radius 1 is 1.30 bits per heavy atom. The van der Waals surface area contributed by atoms with Gasteiger partial charge in [0.15, 0.2) is 11.4 Å². The highest BCUT2D eigenvalue weighted by atomic mass is 16.5. The van der Waals surface area contributed by atoms with Crippen molar-refractivity contribution in [2.75, 3.05) is 6.61 Å². The molecule has 1 unspecified atom stereocenters. The molecular formula is C15H12N4O. The van der Waals surface area contributed by atoms with E-state index in [0.717, 1.165) is 12.0 Å². The highest BCUT2D eigenvalue weighted by Gasteiger charge is 2.22. The van der Waals surface area contributed by atoms with E-state index in [1.165, 1.54) is 11.9 Å². The summed E-state index contributed by atoms with van der Waals surface area (Å²) < 4.78 is 7.50. The van der Waals surface area contributed by atoms with Crippen molar-refractivity contribution in [2.24, 2.45) is 0 Å². The predicted molar refractivity (Wildman–Crippen MR) is 70.5 cm³/mol. The van der Waals surface area contributed by atoms with Gasteiger partial charge in [0.05, 0.1) is 19.5 Å². The summed E-state index contributed by atoms with van der Waals surface area (Å²) in [6.45, 7) is 1.16. The first-order chi connectivity index (χ1) is 9.83. The second kappa shape index (κ2) is 5.16. The first-order valence-electron chi connectivity index (χ1n) is 6.38. The topological polar surface area (TPSA) is 74.6 Å². The minimum atomic E-state index is -0.104. The summed E-state index contributed by atoms with van der Waals surface area (Å²) in [5.74, 6) is 0. The molecule has 0 aliphatic carbocycles. The second-order valence-corrected chi connectivity index (χ2v) is 4.63.